The van der Waals surface area contributed by atoms with Gasteiger partial charge in [-0.3, -0.25) is 14.4 Å². The molecule has 3 aromatic carbocycles. The third-order valence-corrected chi connectivity index (χ3v) is 7.24. The molecule has 4 rings (SSSR count). The molecule has 1 aromatic heterocycles. The number of nitrogens with one attached hydrogen (secondary N) is 3. The van der Waals surface area contributed by atoms with Gasteiger partial charge < -0.3 is 10.6 Å². The van der Waals surface area contributed by atoms with Gasteiger partial charge in [-0.15, -0.1) is 5.10 Å². The summed E-state index contributed by atoms with van der Waals surface area (Å²) in [6, 6.07) is 15.1. The highest BCUT2D eigenvalue weighted by molar-refractivity contribution is 7.90. The van der Waals surface area contributed by atoms with Crippen LogP contribution >= 0.6 is 11.6 Å². The molecule has 0 aliphatic heterocycles. The predicted molar refractivity (Wildman–Crippen MR) is 147 cm³/mol. The Labute approximate surface area is 238 Å². The second-order valence-electron chi connectivity index (χ2n) is 8.41. The van der Waals surface area contributed by atoms with E-state index in [0.29, 0.717) is 5.56 Å². The molecule has 0 aliphatic carbocycles. The number of benzene rings is 3. The number of nitrogens with zero attached hydrogens (tertiary/aromatic N) is 4. The molecule has 4 aromatic rings. The number of sulfonamides is 1. The van der Waals surface area contributed by atoms with Gasteiger partial charge in [-0.2, -0.15) is 4.68 Å². The number of hydrogen-bond acceptors (Lipinski definition) is 8. The fourth-order valence-corrected chi connectivity index (χ4v) is 4.82. The molecule has 0 spiro atoms. The van der Waals surface area contributed by atoms with Gasteiger partial charge in [-0.1, -0.05) is 41.9 Å². The highest BCUT2D eigenvalue weighted by atomic mass is 35.5. The first-order valence-electron chi connectivity index (χ1n) is 11.7. The molecule has 0 fully saturated rings. The fraction of sp³-hybridized carbons (Fsp3) is 0.0769. The average Bonchev–Trinajstić information content (AvgIpc) is 3.47. The maximum atomic E-state index is 14.8. The van der Waals surface area contributed by atoms with Gasteiger partial charge >= 0.3 is 0 Å². The highest BCUT2D eigenvalue weighted by Gasteiger charge is 2.23. The van der Waals surface area contributed by atoms with E-state index in [0.717, 1.165) is 13.0 Å². The maximum absolute atomic E-state index is 14.8. The van der Waals surface area contributed by atoms with E-state index in [9.17, 15) is 27.2 Å². The first kappa shape index (κ1) is 29.0. The lowest BCUT2D eigenvalue weighted by molar-refractivity contribution is -0.123. The molecule has 15 heteroatoms. The van der Waals surface area contributed by atoms with Crippen LogP contribution in [0.5, 0.6) is 0 Å². The smallest absolute Gasteiger partial charge is 0.264 e. The Kier molecular flexibility index (Phi) is 8.84. The number of aromatic nitrogens is 4. The van der Waals surface area contributed by atoms with Crippen LogP contribution in [0.25, 0.3) is 11.8 Å². The first-order chi connectivity index (χ1) is 19.5. The normalized spacial score (nSPS) is 12.1. The van der Waals surface area contributed by atoms with E-state index in [1.54, 1.807) is 30.3 Å². The van der Waals surface area contributed by atoms with Crippen molar-refractivity contribution in [1.29, 1.82) is 0 Å². The van der Waals surface area contributed by atoms with Crippen molar-refractivity contribution in [1.82, 2.24) is 30.2 Å². The van der Waals surface area contributed by atoms with Gasteiger partial charge in [0, 0.05) is 24.3 Å². The Morgan fingerprint density at radius 1 is 1.02 bits per heavy atom. The standard InChI is InChI=1S/C26H21ClFN7O5S/c1-16(36)32-41(39,40)19-9-7-18(8-10-19)30-26(38)25(17-5-3-2-4-6-17)31-23(37)14-11-20-22(35-15-29-33-34-35)13-12-21(27)24(20)28/h2-15,25H,1H3,(H,30,38)(H,31,37)(H,32,36). The van der Waals surface area contributed by atoms with Crippen molar-refractivity contribution >= 4 is 51.1 Å². The highest BCUT2D eigenvalue weighted by Crippen LogP contribution is 2.25. The van der Waals surface area contributed by atoms with Crippen LogP contribution in [0.15, 0.2) is 84.0 Å². The van der Waals surface area contributed by atoms with E-state index in [1.807, 2.05) is 4.72 Å². The summed E-state index contributed by atoms with van der Waals surface area (Å²) in [5, 5.41) is 15.8. The van der Waals surface area contributed by atoms with Crippen molar-refractivity contribution in [2.24, 2.45) is 0 Å². The van der Waals surface area contributed by atoms with Gasteiger partial charge in [0.25, 0.3) is 15.9 Å². The van der Waals surface area contributed by atoms with Gasteiger partial charge in [0.2, 0.25) is 11.8 Å². The molecule has 0 saturated heterocycles. The molecular weight excluding hydrogens is 577 g/mol. The number of carbonyl (C=O) groups excluding carboxylic acids is 3. The van der Waals surface area contributed by atoms with E-state index in [-0.39, 0.29) is 26.9 Å². The summed E-state index contributed by atoms with van der Waals surface area (Å²) >= 11 is 5.93. The number of anilines is 1. The maximum Gasteiger partial charge on any atom is 0.264 e. The number of amides is 3. The first-order valence-corrected chi connectivity index (χ1v) is 13.6. The van der Waals surface area contributed by atoms with Gasteiger partial charge in [0.15, 0.2) is 5.82 Å². The lowest BCUT2D eigenvalue weighted by Crippen LogP contribution is -2.36. The van der Waals surface area contributed by atoms with E-state index < -0.39 is 39.6 Å². The minimum absolute atomic E-state index is 0.0602. The van der Waals surface area contributed by atoms with Crippen LogP contribution in [-0.2, 0) is 24.4 Å². The Balaban J connectivity index is 1.55. The molecule has 12 nitrogen and oxygen atoms in total. The third-order valence-electron chi connectivity index (χ3n) is 5.50. The number of halogens is 2. The Bertz CT molecular complexity index is 1720. The second kappa shape index (κ2) is 12.5. The van der Waals surface area contributed by atoms with E-state index >= 15 is 0 Å². The van der Waals surface area contributed by atoms with E-state index in [4.69, 9.17) is 11.6 Å². The summed E-state index contributed by atoms with van der Waals surface area (Å²) in [6.07, 6.45) is 3.47. The molecular formula is C26H21ClFN7O5S. The Hall–Kier alpha value is -4.95. The molecule has 41 heavy (non-hydrogen) atoms. The zero-order valence-electron chi connectivity index (χ0n) is 21.2. The summed E-state index contributed by atoms with van der Waals surface area (Å²) in [5.74, 6) is -2.92. The second-order valence-corrected chi connectivity index (χ2v) is 10.5. The fourth-order valence-electron chi connectivity index (χ4n) is 3.66. The lowest BCUT2D eigenvalue weighted by atomic mass is 10.1. The predicted octanol–water partition coefficient (Wildman–Crippen LogP) is 2.79. The van der Waals surface area contributed by atoms with Crippen molar-refractivity contribution in [2.45, 2.75) is 17.9 Å². The quantitative estimate of drug-likeness (QED) is 0.248. The number of tetrazole rings is 1. The monoisotopic (exact) mass is 597 g/mol. The summed E-state index contributed by atoms with van der Waals surface area (Å²) in [5.41, 5.74) is 0.840. The third kappa shape index (κ3) is 7.17. The van der Waals surface area contributed by atoms with Crippen molar-refractivity contribution < 1.29 is 27.2 Å². The van der Waals surface area contributed by atoms with Crippen LogP contribution < -0.4 is 15.4 Å². The summed E-state index contributed by atoms with van der Waals surface area (Å²) in [6.45, 7) is 1.07. The summed E-state index contributed by atoms with van der Waals surface area (Å²) in [7, 11) is -4.06. The van der Waals surface area contributed by atoms with Crippen LogP contribution in [0.4, 0.5) is 10.1 Å². The van der Waals surface area contributed by atoms with Gasteiger partial charge in [0.1, 0.15) is 12.4 Å². The van der Waals surface area contributed by atoms with Crippen LogP contribution in [0.3, 0.4) is 0 Å². The van der Waals surface area contributed by atoms with Crippen LogP contribution in [0, 0.1) is 5.82 Å². The van der Waals surface area contributed by atoms with Crippen molar-refractivity contribution in [2.75, 3.05) is 5.32 Å². The molecule has 1 unspecified atom stereocenters. The molecule has 1 heterocycles. The van der Waals surface area contributed by atoms with Crippen molar-refractivity contribution in [3.63, 3.8) is 0 Å². The van der Waals surface area contributed by atoms with Crippen LogP contribution in [0.2, 0.25) is 5.02 Å². The zero-order valence-corrected chi connectivity index (χ0v) is 22.7. The molecule has 0 saturated carbocycles. The Morgan fingerprint density at radius 3 is 2.37 bits per heavy atom. The topological polar surface area (TPSA) is 165 Å². The largest absolute Gasteiger partial charge is 0.337 e. The molecule has 3 N–H and O–H groups in total. The van der Waals surface area contributed by atoms with E-state index in [2.05, 4.69) is 26.2 Å². The summed E-state index contributed by atoms with van der Waals surface area (Å²) < 4.78 is 42.2. The van der Waals surface area contributed by atoms with Gasteiger partial charge in [-0.05, 0) is 58.5 Å². The Morgan fingerprint density at radius 2 is 1.73 bits per heavy atom. The SMILES string of the molecule is CC(=O)NS(=O)(=O)c1ccc(NC(=O)C(NC(=O)C=Cc2c(-n3cnnn3)ccc(Cl)c2F)c2ccccc2)cc1. The van der Waals surface area contributed by atoms with Crippen molar-refractivity contribution in [3.05, 3.63) is 101 Å². The van der Waals surface area contributed by atoms with Crippen molar-refractivity contribution in [3.8, 4) is 5.69 Å². The molecule has 0 bridgehead atoms. The molecule has 0 radical (unpaired) electrons. The average molecular weight is 598 g/mol. The van der Waals surface area contributed by atoms with E-state index in [1.165, 1.54) is 53.5 Å². The lowest BCUT2D eigenvalue weighted by Gasteiger charge is -2.18. The minimum Gasteiger partial charge on any atom is -0.337 e. The number of rotatable bonds is 9. The number of carbonyl (C=O) groups is 3. The summed E-state index contributed by atoms with van der Waals surface area (Å²) in [4.78, 5) is 37.1. The molecule has 0 aliphatic rings. The molecule has 210 valence electrons. The van der Waals surface area contributed by atoms with Gasteiger partial charge in [0.05, 0.1) is 15.6 Å². The number of hydrogen-bond donors (Lipinski definition) is 3. The van der Waals surface area contributed by atoms with Crippen LogP contribution in [0.1, 0.15) is 24.1 Å². The zero-order chi connectivity index (χ0) is 29.6. The molecule has 3 amide bonds. The molecule has 1 atom stereocenters. The van der Waals surface area contributed by atoms with Crippen LogP contribution in [-0.4, -0.2) is 46.3 Å². The van der Waals surface area contributed by atoms with Gasteiger partial charge in [-0.25, -0.2) is 17.5 Å². The minimum atomic E-state index is -4.06.